The molecule has 0 aromatic heterocycles. The van der Waals surface area contributed by atoms with Crippen LogP contribution < -0.4 is 0 Å². The second-order valence-electron chi connectivity index (χ2n) is 4.66. The molecule has 2 aliphatic heterocycles. The van der Waals surface area contributed by atoms with Crippen molar-refractivity contribution in [2.24, 2.45) is 0 Å². The van der Waals surface area contributed by atoms with Crippen LogP contribution in [0, 0.1) is 0 Å². The van der Waals surface area contributed by atoms with Crippen molar-refractivity contribution < 1.29 is 27.9 Å². The van der Waals surface area contributed by atoms with Crippen LogP contribution in [-0.4, -0.2) is 40.1 Å². The van der Waals surface area contributed by atoms with E-state index < -0.39 is 15.9 Å². The molecule has 4 unspecified atom stereocenters. The van der Waals surface area contributed by atoms with Crippen LogP contribution in [0.3, 0.4) is 0 Å². The minimum Gasteiger partial charge on any atom is -0.335 e. The number of hydrogen-bond donors (Lipinski definition) is 2. The van der Waals surface area contributed by atoms with Gasteiger partial charge in [-0.2, -0.15) is 0 Å². The molecule has 2 fully saturated rings. The highest BCUT2D eigenvalue weighted by Gasteiger charge is 2.52. The van der Waals surface area contributed by atoms with Gasteiger partial charge < -0.3 is 27.9 Å². The molecule has 0 spiro atoms. The highest BCUT2D eigenvalue weighted by molar-refractivity contribution is 7.78. The summed E-state index contributed by atoms with van der Waals surface area (Å²) in [7, 11) is -6.10. The zero-order valence-corrected chi connectivity index (χ0v) is 12.2. The van der Waals surface area contributed by atoms with E-state index in [0.717, 1.165) is 0 Å². The average molecular weight is 286 g/mol. The maximum Gasteiger partial charge on any atom is 0.242 e. The minimum absolute atomic E-state index is 0.0800. The Kier molecular flexibility index (Phi) is 3.82. The van der Waals surface area contributed by atoms with Crippen molar-refractivity contribution in [1.82, 2.24) is 0 Å². The summed E-state index contributed by atoms with van der Waals surface area (Å²) in [6, 6.07) is 0. The molecule has 2 saturated heterocycles. The molecule has 0 aliphatic carbocycles. The quantitative estimate of drug-likeness (QED) is 0.757. The lowest BCUT2D eigenvalue weighted by Gasteiger charge is -2.30. The number of rotatable bonds is 2. The fraction of sp³-hybridized carbons (Fsp3) is 1.00. The van der Waals surface area contributed by atoms with E-state index in [0.29, 0.717) is 0 Å². The summed E-state index contributed by atoms with van der Waals surface area (Å²) in [5.41, 5.74) is 0. The van der Waals surface area contributed by atoms with Crippen LogP contribution in [0.15, 0.2) is 0 Å². The Balaban J connectivity index is 2.02. The Hall–Kier alpha value is 0.620. The first kappa shape index (κ1) is 14.0. The first-order chi connectivity index (χ1) is 7.73. The summed E-state index contributed by atoms with van der Waals surface area (Å²) >= 11 is 0. The lowest BCUT2D eigenvalue weighted by molar-refractivity contribution is 0.187. The van der Waals surface area contributed by atoms with Crippen molar-refractivity contribution >= 4 is 15.9 Å². The fourth-order valence-corrected chi connectivity index (χ4v) is 7.53. The van der Waals surface area contributed by atoms with E-state index in [2.05, 4.69) is 0 Å². The SMILES string of the molecule is CC1O[P](O)(C[P]2(O)OC(C)C(C)O2)OC1C. The normalized spacial score (nSPS) is 55.4. The molecule has 6 nitrogen and oxygen atoms in total. The van der Waals surface area contributed by atoms with Gasteiger partial charge in [0.25, 0.3) is 0 Å². The first-order valence-electron chi connectivity index (χ1n) is 5.68. The third kappa shape index (κ3) is 2.96. The third-order valence-electron chi connectivity index (χ3n) is 3.00. The predicted octanol–water partition coefficient (Wildman–Crippen LogP) is 2.10. The fourth-order valence-electron chi connectivity index (χ4n) is 1.79. The maximum atomic E-state index is 10.2. The maximum absolute atomic E-state index is 10.2. The van der Waals surface area contributed by atoms with Crippen molar-refractivity contribution in [3.63, 3.8) is 0 Å². The third-order valence-corrected chi connectivity index (χ3v) is 8.51. The standard InChI is InChI=1S/C9H20O6P2/c1-6-7(2)13-16(10,12-6)5-17(11)14-8(3)9(4)15-17/h6-11H,5H2,1-4H3. The molecule has 17 heavy (non-hydrogen) atoms. The van der Waals surface area contributed by atoms with Gasteiger partial charge in [-0.25, -0.2) is 0 Å². The van der Waals surface area contributed by atoms with Gasteiger partial charge in [0.15, 0.2) is 0 Å². The molecule has 8 heteroatoms. The van der Waals surface area contributed by atoms with Gasteiger partial charge in [0.1, 0.15) is 5.90 Å². The van der Waals surface area contributed by atoms with Crippen molar-refractivity contribution in [3.05, 3.63) is 0 Å². The van der Waals surface area contributed by atoms with Crippen molar-refractivity contribution in [2.75, 3.05) is 5.90 Å². The topological polar surface area (TPSA) is 77.4 Å². The average Bonchev–Trinajstić information content (AvgIpc) is 2.51. The van der Waals surface area contributed by atoms with Gasteiger partial charge in [0, 0.05) is 0 Å². The molecule has 0 bridgehead atoms. The van der Waals surface area contributed by atoms with E-state index in [1.165, 1.54) is 0 Å². The molecular formula is C9H20O6P2. The lowest BCUT2D eigenvalue weighted by atomic mass is 10.3. The van der Waals surface area contributed by atoms with E-state index in [9.17, 15) is 9.79 Å². The van der Waals surface area contributed by atoms with Gasteiger partial charge in [-0.3, -0.25) is 0 Å². The largest absolute Gasteiger partial charge is 0.335 e. The van der Waals surface area contributed by atoms with Crippen LogP contribution in [0.2, 0.25) is 0 Å². The van der Waals surface area contributed by atoms with E-state index in [4.69, 9.17) is 18.1 Å². The highest BCUT2D eigenvalue weighted by Crippen LogP contribution is 2.78. The van der Waals surface area contributed by atoms with Gasteiger partial charge in [0.05, 0.1) is 24.4 Å². The Morgan fingerprint density at radius 1 is 0.706 bits per heavy atom. The highest BCUT2D eigenvalue weighted by atomic mass is 31.3. The summed E-state index contributed by atoms with van der Waals surface area (Å²) in [6.45, 7) is 7.30. The molecule has 2 radical (unpaired) electrons. The van der Waals surface area contributed by atoms with Crippen LogP contribution in [0.25, 0.3) is 0 Å². The Morgan fingerprint density at radius 2 is 0.941 bits per heavy atom. The molecule has 4 atom stereocenters. The van der Waals surface area contributed by atoms with Crippen LogP contribution >= 0.6 is 15.9 Å². The van der Waals surface area contributed by atoms with Crippen molar-refractivity contribution in [3.8, 4) is 0 Å². The first-order valence-corrected chi connectivity index (χ1v) is 9.21. The monoisotopic (exact) mass is 286 g/mol. The van der Waals surface area contributed by atoms with Crippen LogP contribution in [0.4, 0.5) is 0 Å². The zero-order chi connectivity index (χ0) is 12.8. The Bertz CT molecular complexity index is 253. The van der Waals surface area contributed by atoms with Crippen LogP contribution in [-0.2, 0) is 18.1 Å². The Labute approximate surface area is 102 Å². The molecule has 0 saturated carbocycles. The van der Waals surface area contributed by atoms with Crippen molar-refractivity contribution in [1.29, 1.82) is 0 Å². The van der Waals surface area contributed by atoms with E-state index in [1.807, 2.05) is 27.7 Å². The molecule has 102 valence electrons. The molecule has 2 rings (SSSR count). The second-order valence-corrected chi connectivity index (χ2v) is 9.18. The van der Waals surface area contributed by atoms with Gasteiger partial charge in [-0.15, -0.1) is 0 Å². The lowest BCUT2D eigenvalue weighted by Crippen LogP contribution is -2.13. The molecular weight excluding hydrogens is 266 g/mol. The molecule has 2 heterocycles. The van der Waals surface area contributed by atoms with E-state index in [-0.39, 0.29) is 30.3 Å². The summed E-state index contributed by atoms with van der Waals surface area (Å²) in [4.78, 5) is 20.4. The van der Waals surface area contributed by atoms with Gasteiger partial charge >= 0.3 is 0 Å². The molecule has 2 N–H and O–H groups in total. The van der Waals surface area contributed by atoms with Gasteiger partial charge in [0.2, 0.25) is 15.9 Å². The van der Waals surface area contributed by atoms with Crippen LogP contribution in [0.1, 0.15) is 27.7 Å². The van der Waals surface area contributed by atoms with E-state index in [1.54, 1.807) is 0 Å². The summed E-state index contributed by atoms with van der Waals surface area (Å²) in [6.07, 6.45) is -0.732. The summed E-state index contributed by atoms with van der Waals surface area (Å²) in [5.74, 6) is -0.0800. The van der Waals surface area contributed by atoms with E-state index >= 15 is 0 Å². The van der Waals surface area contributed by atoms with Crippen LogP contribution in [0.5, 0.6) is 0 Å². The minimum atomic E-state index is -3.05. The van der Waals surface area contributed by atoms with Gasteiger partial charge in [-0.05, 0) is 27.7 Å². The number of hydrogen-bond acceptors (Lipinski definition) is 6. The molecule has 0 amide bonds. The van der Waals surface area contributed by atoms with Crippen molar-refractivity contribution in [2.45, 2.75) is 52.1 Å². The molecule has 0 aromatic carbocycles. The van der Waals surface area contributed by atoms with Gasteiger partial charge in [-0.1, -0.05) is 0 Å². The predicted molar refractivity (Wildman–Crippen MR) is 65.3 cm³/mol. The zero-order valence-electron chi connectivity index (χ0n) is 10.4. The summed E-state index contributed by atoms with van der Waals surface area (Å²) < 4.78 is 21.6. The Morgan fingerprint density at radius 3 is 1.18 bits per heavy atom. The summed E-state index contributed by atoms with van der Waals surface area (Å²) in [5, 5.41) is 0. The smallest absolute Gasteiger partial charge is 0.242 e. The second kappa shape index (κ2) is 4.62. The molecule has 0 aromatic rings. The molecule has 2 aliphatic rings.